The Bertz CT molecular complexity index is 1190. The van der Waals surface area contributed by atoms with E-state index in [9.17, 15) is 0 Å². The molecule has 0 saturated carbocycles. The first-order chi connectivity index (χ1) is 14.9. The van der Waals surface area contributed by atoms with E-state index in [2.05, 4.69) is 30.0 Å². The summed E-state index contributed by atoms with van der Waals surface area (Å²) in [4.78, 5) is 19.7. The van der Waals surface area contributed by atoms with Crippen LogP contribution in [0.4, 0.5) is 5.95 Å². The molecule has 0 radical (unpaired) electrons. The molecule has 0 aliphatic carbocycles. The molecule has 6 rings (SSSR count). The molecule has 1 saturated heterocycles. The lowest BCUT2D eigenvalue weighted by Crippen LogP contribution is -2.37. The number of aromatic nitrogens is 6. The average Bonchev–Trinajstić information content (AvgIpc) is 3.43. The molecule has 2 N–H and O–H groups in total. The molecule has 4 aromatic rings. The van der Waals surface area contributed by atoms with Crippen LogP contribution in [0.1, 0.15) is 5.69 Å². The quantitative estimate of drug-likeness (QED) is 0.540. The van der Waals surface area contributed by atoms with Crippen molar-refractivity contribution in [2.75, 3.05) is 37.7 Å². The Kier molecular flexibility index (Phi) is 4.21. The molecular formula is C21H22N8O. The molecule has 2 aliphatic rings. The number of pyridine rings is 1. The minimum absolute atomic E-state index is 0.689. The minimum Gasteiger partial charge on any atom is -0.378 e. The predicted octanol–water partition coefficient (Wildman–Crippen LogP) is 1.82. The van der Waals surface area contributed by atoms with Crippen molar-refractivity contribution in [1.29, 1.82) is 0 Å². The largest absolute Gasteiger partial charge is 0.378 e. The van der Waals surface area contributed by atoms with E-state index in [0.29, 0.717) is 13.2 Å². The van der Waals surface area contributed by atoms with Crippen LogP contribution in [-0.2, 0) is 17.8 Å². The summed E-state index contributed by atoms with van der Waals surface area (Å²) in [6.07, 6.45) is 7.57. The molecule has 0 aromatic carbocycles. The first-order valence-electron chi connectivity index (χ1n) is 10.3. The molecule has 0 bridgehead atoms. The van der Waals surface area contributed by atoms with E-state index in [-0.39, 0.29) is 0 Å². The summed E-state index contributed by atoms with van der Waals surface area (Å²) in [5.41, 5.74) is 7.10. The summed E-state index contributed by atoms with van der Waals surface area (Å²) in [6.45, 7) is 5.58. The summed E-state index contributed by atoms with van der Waals surface area (Å²) in [7, 11) is 0. The molecule has 2 aliphatic heterocycles. The third-order valence-corrected chi connectivity index (χ3v) is 5.79. The second-order valence-electron chi connectivity index (χ2n) is 7.54. The number of rotatable bonds is 3. The maximum Gasteiger partial charge on any atom is 0.226 e. The monoisotopic (exact) mass is 402 g/mol. The fourth-order valence-electron chi connectivity index (χ4n) is 4.23. The van der Waals surface area contributed by atoms with Gasteiger partial charge in [0.2, 0.25) is 5.95 Å². The van der Waals surface area contributed by atoms with Crippen molar-refractivity contribution in [3.8, 4) is 22.4 Å². The Balaban J connectivity index is 1.56. The minimum atomic E-state index is 0.689. The van der Waals surface area contributed by atoms with Gasteiger partial charge in [-0.3, -0.25) is 9.67 Å². The Morgan fingerprint density at radius 3 is 2.73 bits per heavy atom. The van der Waals surface area contributed by atoms with Gasteiger partial charge in [-0.15, -0.1) is 0 Å². The van der Waals surface area contributed by atoms with Gasteiger partial charge in [0, 0.05) is 61.5 Å². The van der Waals surface area contributed by atoms with E-state index in [1.165, 1.54) is 5.69 Å². The van der Waals surface area contributed by atoms with Crippen molar-refractivity contribution >= 4 is 17.0 Å². The van der Waals surface area contributed by atoms with Crippen molar-refractivity contribution in [3.63, 3.8) is 0 Å². The highest BCUT2D eigenvalue weighted by Gasteiger charge is 2.23. The number of fused-ring (bicyclic) bond motifs is 2. The number of H-pyrrole nitrogens is 1. The summed E-state index contributed by atoms with van der Waals surface area (Å²) in [5.74, 6) is 0.734. The van der Waals surface area contributed by atoms with Crippen LogP contribution in [-0.4, -0.2) is 62.6 Å². The van der Waals surface area contributed by atoms with E-state index in [1.807, 2.05) is 24.5 Å². The van der Waals surface area contributed by atoms with E-state index < -0.39 is 0 Å². The van der Waals surface area contributed by atoms with Crippen molar-refractivity contribution < 1.29 is 4.74 Å². The number of morpholine rings is 1. The third-order valence-electron chi connectivity index (χ3n) is 5.79. The standard InChI is InChI=1S/C21H22N8O/c1-3-22-4-2-14(1)18-20-19(27-21(26-18)28-7-9-30-10-8-28)16(11-24-20)15-12-25-29-6-5-23-13-17(15)29/h1-4,11-12,23-24H,5-10,13H2. The molecule has 0 unspecified atom stereocenters. The molecular weight excluding hydrogens is 380 g/mol. The maximum absolute atomic E-state index is 5.52. The molecule has 30 heavy (non-hydrogen) atoms. The number of hydrogen-bond donors (Lipinski definition) is 2. The predicted molar refractivity (Wildman–Crippen MR) is 113 cm³/mol. The summed E-state index contributed by atoms with van der Waals surface area (Å²) in [5, 5.41) is 8.04. The second-order valence-corrected chi connectivity index (χ2v) is 7.54. The molecule has 1 fully saturated rings. The van der Waals surface area contributed by atoms with E-state index in [1.54, 1.807) is 12.4 Å². The van der Waals surface area contributed by atoms with E-state index >= 15 is 0 Å². The van der Waals surface area contributed by atoms with E-state index in [4.69, 9.17) is 14.7 Å². The summed E-state index contributed by atoms with van der Waals surface area (Å²) >= 11 is 0. The number of nitrogens with zero attached hydrogens (tertiary/aromatic N) is 6. The van der Waals surface area contributed by atoms with Crippen molar-refractivity contribution in [2.24, 2.45) is 0 Å². The molecule has 6 heterocycles. The highest BCUT2D eigenvalue weighted by molar-refractivity contribution is 6.00. The van der Waals surface area contributed by atoms with Crippen molar-refractivity contribution in [2.45, 2.75) is 13.1 Å². The molecule has 9 nitrogen and oxygen atoms in total. The van der Waals surface area contributed by atoms with Crippen LogP contribution in [0.25, 0.3) is 33.4 Å². The maximum atomic E-state index is 5.52. The van der Waals surface area contributed by atoms with Crippen molar-refractivity contribution in [1.82, 2.24) is 35.0 Å². The fourth-order valence-corrected chi connectivity index (χ4v) is 4.23. The lowest BCUT2D eigenvalue weighted by molar-refractivity contribution is 0.122. The summed E-state index contributed by atoms with van der Waals surface area (Å²) in [6, 6.07) is 3.97. The van der Waals surface area contributed by atoms with Crippen LogP contribution in [0.2, 0.25) is 0 Å². The average molecular weight is 402 g/mol. The number of nitrogens with one attached hydrogen (secondary N) is 2. The normalized spacial score (nSPS) is 16.7. The SMILES string of the molecule is c1cc(-c2nc(N3CCOCC3)nc3c(-c4cnn5c4CNCC5)c[nH]c23)ccn1. The van der Waals surface area contributed by atoms with Gasteiger partial charge in [-0.1, -0.05) is 0 Å². The van der Waals surface area contributed by atoms with E-state index in [0.717, 1.165) is 72.1 Å². The Morgan fingerprint density at radius 2 is 1.87 bits per heavy atom. The number of anilines is 1. The Morgan fingerprint density at radius 1 is 1.00 bits per heavy atom. The number of aromatic amines is 1. The number of hydrogen-bond acceptors (Lipinski definition) is 7. The van der Waals surface area contributed by atoms with Crippen LogP contribution >= 0.6 is 0 Å². The van der Waals surface area contributed by atoms with Gasteiger partial charge in [0.05, 0.1) is 37.2 Å². The first kappa shape index (κ1) is 17.5. The van der Waals surface area contributed by atoms with Crippen LogP contribution in [0.5, 0.6) is 0 Å². The van der Waals surface area contributed by atoms with Crippen molar-refractivity contribution in [3.05, 3.63) is 42.6 Å². The lowest BCUT2D eigenvalue weighted by atomic mass is 10.1. The van der Waals surface area contributed by atoms with Gasteiger partial charge in [0.15, 0.2) is 0 Å². The van der Waals surface area contributed by atoms with Crippen LogP contribution in [0, 0.1) is 0 Å². The lowest BCUT2D eigenvalue weighted by Gasteiger charge is -2.27. The summed E-state index contributed by atoms with van der Waals surface area (Å²) < 4.78 is 7.61. The van der Waals surface area contributed by atoms with Gasteiger partial charge < -0.3 is 19.9 Å². The topological polar surface area (TPSA) is 96.8 Å². The molecule has 152 valence electrons. The zero-order valence-corrected chi connectivity index (χ0v) is 16.5. The highest BCUT2D eigenvalue weighted by Crippen LogP contribution is 2.35. The Labute approximate surface area is 173 Å². The number of ether oxygens (including phenoxy) is 1. The molecule has 0 spiro atoms. The van der Waals surface area contributed by atoms with Gasteiger partial charge in [-0.25, -0.2) is 9.97 Å². The zero-order chi connectivity index (χ0) is 19.9. The molecule has 9 heteroatoms. The van der Waals surface area contributed by atoms with Gasteiger partial charge in [-0.2, -0.15) is 5.10 Å². The smallest absolute Gasteiger partial charge is 0.226 e. The molecule has 0 amide bonds. The zero-order valence-electron chi connectivity index (χ0n) is 16.5. The van der Waals surface area contributed by atoms with Gasteiger partial charge in [-0.05, 0) is 12.1 Å². The van der Waals surface area contributed by atoms with Crippen LogP contribution in [0.15, 0.2) is 36.9 Å². The first-order valence-corrected chi connectivity index (χ1v) is 10.3. The van der Waals surface area contributed by atoms with Crippen LogP contribution in [0.3, 0.4) is 0 Å². The van der Waals surface area contributed by atoms with Gasteiger partial charge >= 0.3 is 0 Å². The third kappa shape index (κ3) is 2.86. The fraction of sp³-hybridized carbons (Fsp3) is 0.333. The second kappa shape index (κ2) is 7.19. The Hall–Kier alpha value is -3.30. The van der Waals surface area contributed by atoms with Gasteiger partial charge in [0.1, 0.15) is 11.2 Å². The molecule has 4 aromatic heterocycles. The van der Waals surface area contributed by atoms with Gasteiger partial charge in [0.25, 0.3) is 0 Å². The highest BCUT2D eigenvalue weighted by atomic mass is 16.5. The van der Waals surface area contributed by atoms with Crippen LogP contribution < -0.4 is 10.2 Å². The molecule has 0 atom stereocenters.